The molecule has 50 heavy (non-hydrogen) atoms. The van der Waals surface area contributed by atoms with Crippen molar-refractivity contribution in [1.82, 2.24) is 5.32 Å². The Morgan fingerprint density at radius 1 is 1.24 bits per heavy atom. The number of halogens is 2. The zero-order chi connectivity index (χ0) is 37.4. The van der Waals surface area contributed by atoms with Gasteiger partial charge in [-0.2, -0.15) is 0 Å². The Bertz CT molecular complexity index is 1390. The maximum Gasteiger partial charge on any atom is 0.309 e. The summed E-state index contributed by atoms with van der Waals surface area (Å²) >= 11 is 12.6. The van der Waals surface area contributed by atoms with Gasteiger partial charge in [-0.05, 0) is 69.4 Å². The van der Waals surface area contributed by atoms with Gasteiger partial charge in [0.05, 0.1) is 36.4 Å². The highest BCUT2D eigenvalue weighted by Gasteiger charge is 2.54. The van der Waals surface area contributed by atoms with Crippen LogP contribution in [-0.4, -0.2) is 88.2 Å². The number of carbonyl (C=O) groups excluding carboxylic acids is 2. The zero-order valence-corrected chi connectivity index (χ0v) is 31.9. The van der Waals surface area contributed by atoms with Gasteiger partial charge in [0.25, 0.3) is 0 Å². The van der Waals surface area contributed by atoms with Crippen molar-refractivity contribution in [2.45, 2.75) is 135 Å². The molecule has 1 aromatic carbocycles. The van der Waals surface area contributed by atoms with Gasteiger partial charge in [-0.15, -0.1) is 0 Å². The van der Waals surface area contributed by atoms with Crippen molar-refractivity contribution in [1.29, 1.82) is 0 Å². The van der Waals surface area contributed by atoms with E-state index >= 15 is 0 Å². The summed E-state index contributed by atoms with van der Waals surface area (Å²) in [6.45, 7) is 12.7. The topological polar surface area (TPSA) is 147 Å². The van der Waals surface area contributed by atoms with Gasteiger partial charge in [-0.3, -0.25) is 9.59 Å². The van der Waals surface area contributed by atoms with E-state index in [0.29, 0.717) is 22.2 Å². The van der Waals surface area contributed by atoms with Crippen LogP contribution in [-0.2, 0) is 35.1 Å². The molecule has 0 saturated carbocycles. The largest absolute Gasteiger partial charge is 0.457 e. The van der Waals surface area contributed by atoms with Crippen molar-refractivity contribution in [2.24, 2.45) is 11.8 Å². The zero-order valence-electron chi connectivity index (χ0n) is 30.4. The summed E-state index contributed by atoms with van der Waals surface area (Å²) in [5, 5.41) is 38.0. The number of methoxy groups -OCH3 is 1. The van der Waals surface area contributed by atoms with Gasteiger partial charge in [-0.1, -0.05) is 74.3 Å². The summed E-state index contributed by atoms with van der Waals surface area (Å²) in [4.78, 5) is 24.7. The summed E-state index contributed by atoms with van der Waals surface area (Å²) in [5.74, 6) is -1.45. The second-order valence-corrected chi connectivity index (χ2v) is 15.0. The van der Waals surface area contributed by atoms with Gasteiger partial charge in [-0.25, -0.2) is 0 Å². The second-order valence-electron chi connectivity index (χ2n) is 14.1. The highest BCUT2D eigenvalue weighted by Crippen LogP contribution is 2.39. The Morgan fingerprint density at radius 2 is 1.94 bits per heavy atom. The van der Waals surface area contributed by atoms with Crippen LogP contribution in [0.1, 0.15) is 79.7 Å². The van der Waals surface area contributed by atoms with E-state index in [1.807, 2.05) is 13.0 Å². The van der Waals surface area contributed by atoms with Crippen molar-refractivity contribution < 1.29 is 43.9 Å². The number of ether oxygens (including phenoxy) is 4. The Hall–Kier alpha value is -2.28. The molecule has 0 aliphatic carbocycles. The van der Waals surface area contributed by atoms with Gasteiger partial charge >= 0.3 is 11.9 Å². The molecule has 12 heteroatoms. The van der Waals surface area contributed by atoms with Crippen LogP contribution < -0.4 is 5.32 Å². The van der Waals surface area contributed by atoms with E-state index in [-0.39, 0.29) is 43.5 Å². The number of hydrogen-bond donors (Lipinski definition) is 4. The number of benzene rings is 1. The summed E-state index contributed by atoms with van der Waals surface area (Å²) < 4.78 is 23.1. The number of aliphatic hydroxyl groups excluding tert-OH is 1. The Balaban J connectivity index is 1.89. The van der Waals surface area contributed by atoms with Gasteiger partial charge < -0.3 is 39.6 Å². The molecule has 0 aromatic heterocycles. The van der Waals surface area contributed by atoms with E-state index < -0.39 is 53.4 Å². The highest BCUT2D eigenvalue weighted by atomic mass is 35.5. The number of hydrogen-bond acceptors (Lipinski definition) is 10. The molecule has 2 aliphatic heterocycles. The van der Waals surface area contributed by atoms with E-state index in [2.05, 4.69) is 19.2 Å². The number of aliphatic hydroxyl groups is 3. The molecule has 11 atom stereocenters. The van der Waals surface area contributed by atoms with E-state index in [0.717, 1.165) is 12.0 Å². The number of carbonyl (C=O) groups is 2. The minimum atomic E-state index is -1.47. The van der Waals surface area contributed by atoms with Crippen molar-refractivity contribution in [3.05, 3.63) is 69.8 Å². The first kappa shape index (κ1) is 42.1. The molecule has 3 unspecified atom stereocenters. The van der Waals surface area contributed by atoms with Crippen LogP contribution in [0.25, 0.3) is 0 Å². The van der Waals surface area contributed by atoms with Crippen LogP contribution in [0.2, 0.25) is 10.0 Å². The average molecular weight is 741 g/mol. The molecule has 1 aromatic rings. The average Bonchev–Trinajstić information content (AvgIpc) is 3.82. The third kappa shape index (κ3) is 11.9. The molecule has 0 radical (unpaired) electrons. The number of allylic oxidation sites excluding steroid dienone is 2. The van der Waals surface area contributed by atoms with Crippen molar-refractivity contribution >= 4 is 35.1 Å². The monoisotopic (exact) mass is 739 g/mol. The van der Waals surface area contributed by atoms with Gasteiger partial charge in [0.1, 0.15) is 23.9 Å². The summed E-state index contributed by atoms with van der Waals surface area (Å²) in [6, 6.07) is 4.74. The maximum atomic E-state index is 12.9. The van der Waals surface area contributed by atoms with Crippen LogP contribution in [0.3, 0.4) is 0 Å². The molecule has 3 rings (SSSR count). The van der Waals surface area contributed by atoms with Gasteiger partial charge in [0, 0.05) is 42.5 Å². The lowest BCUT2D eigenvalue weighted by Gasteiger charge is -2.32. The third-order valence-corrected chi connectivity index (χ3v) is 10.3. The molecule has 0 bridgehead atoms. The smallest absolute Gasteiger partial charge is 0.309 e. The molecule has 4 N–H and O–H groups in total. The molecular formula is C38H55Cl2NO9. The standard InChI is InChI=1S/C38H55Cl2NO9/c1-9-30(47-8)24(4)34-35(50-34)36(41-21-26-13-14-27(39)19-29(26)40)38(7,46)17-10-11-22(2)33-23(3)12-15-31(48-25(5)42)37(6,45)18-16-28(43)20-32(44)49-33/h10-15,17,19,23-24,28,30-31,33-36,41,43,45-46H,9,16,18,20-21H2,1-8H3/t23-,24+,28+,30-,31-,33?,34+,35-,36?,37+,38?/m0/s1. The SMILES string of the molecule is CC[C@H](OC)[C@@H](C)[C@H]1O[C@@H]1C(NCc1ccc(Cl)cc1Cl)C(C)(O)C=CC=C(C)C1OC(=O)C[C@H](O)CC[C@@](C)(O)[C@@H](OC(C)=O)C=C[C@@H]1C. The maximum absolute atomic E-state index is 12.9. The first-order chi connectivity index (χ1) is 23.4. The fourth-order valence-corrected chi connectivity index (χ4v) is 7.03. The third-order valence-electron chi connectivity index (χ3n) is 9.72. The quantitative estimate of drug-likeness (QED) is 0.0839. The predicted molar refractivity (Wildman–Crippen MR) is 194 cm³/mol. The minimum Gasteiger partial charge on any atom is -0.457 e. The Morgan fingerprint density at radius 3 is 2.56 bits per heavy atom. The molecule has 280 valence electrons. The molecule has 0 amide bonds. The van der Waals surface area contributed by atoms with E-state index in [1.54, 1.807) is 63.5 Å². The molecule has 10 nitrogen and oxygen atoms in total. The number of rotatable bonds is 13. The second kappa shape index (κ2) is 18.5. The van der Waals surface area contributed by atoms with Crippen molar-refractivity contribution in [2.75, 3.05) is 7.11 Å². The summed E-state index contributed by atoms with van der Waals surface area (Å²) in [5.41, 5.74) is -1.38. The number of nitrogens with one attached hydrogen (secondary N) is 1. The Kier molecular flexibility index (Phi) is 15.6. The van der Waals surface area contributed by atoms with Crippen LogP contribution in [0.4, 0.5) is 0 Å². The molecule has 2 aliphatic rings. The lowest BCUT2D eigenvalue weighted by Crippen LogP contribution is -2.52. The van der Waals surface area contributed by atoms with E-state index in [9.17, 15) is 24.9 Å². The van der Waals surface area contributed by atoms with Crippen molar-refractivity contribution in [3.63, 3.8) is 0 Å². The lowest BCUT2D eigenvalue weighted by molar-refractivity contribution is -0.157. The van der Waals surface area contributed by atoms with E-state index in [4.69, 9.17) is 42.1 Å². The molecule has 0 spiro atoms. The van der Waals surface area contributed by atoms with Crippen LogP contribution in [0, 0.1) is 11.8 Å². The predicted octanol–water partition coefficient (Wildman–Crippen LogP) is 5.87. The first-order valence-corrected chi connectivity index (χ1v) is 18.0. The van der Waals surface area contributed by atoms with Gasteiger partial charge in [0.15, 0.2) is 0 Å². The fourth-order valence-electron chi connectivity index (χ4n) is 6.56. The van der Waals surface area contributed by atoms with Crippen LogP contribution >= 0.6 is 23.2 Å². The molecular weight excluding hydrogens is 685 g/mol. The normalized spacial score (nSPS) is 31.1. The number of cyclic esters (lactones) is 1. The van der Waals surface area contributed by atoms with Crippen LogP contribution in [0.15, 0.2) is 54.2 Å². The van der Waals surface area contributed by atoms with Gasteiger partial charge in [0.2, 0.25) is 0 Å². The molecule has 1 saturated heterocycles. The molecule has 1 fully saturated rings. The van der Waals surface area contributed by atoms with E-state index in [1.165, 1.54) is 13.8 Å². The molecule has 2 heterocycles. The number of epoxide rings is 1. The summed E-state index contributed by atoms with van der Waals surface area (Å²) in [7, 11) is 1.69. The fraction of sp³-hybridized carbons (Fsp3) is 0.632. The lowest BCUT2D eigenvalue weighted by atomic mass is 9.87. The first-order valence-electron chi connectivity index (χ1n) is 17.3. The minimum absolute atomic E-state index is 0.00340. The highest BCUT2D eigenvalue weighted by molar-refractivity contribution is 6.35. The summed E-state index contributed by atoms with van der Waals surface area (Å²) in [6.07, 6.45) is 6.05. The van der Waals surface area contributed by atoms with Crippen molar-refractivity contribution in [3.8, 4) is 0 Å². The van der Waals surface area contributed by atoms with Crippen LogP contribution in [0.5, 0.6) is 0 Å². The Labute approximate surface area is 306 Å². The number of esters is 2.